The molecule has 3 heterocycles. The summed E-state index contributed by atoms with van der Waals surface area (Å²) in [6.07, 6.45) is 3.84. The molecule has 8 heteroatoms. The Kier molecular flexibility index (Phi) is 5.39. The molecule has 1 atom stereocenters. The minimum absolute atomic E-state index is 0.111. The Morgan fingerprint density at radius 2 is 1.91 bits per heavy atom. The highest BCUT2D eigenvalue weighted by molar-refractivity contribution is 7.13. The zero-order valence-electron chi connectivity index (χ0n) is 17.3. The fourth-order valence-electron chi connectivity index (χ4n) is 3.73. The SMILES string of the molecule is N#Cc1ccc(-c2nc(C(=O)N3N=C(c4cccnc4)CC3c3ccccc3O)cs2)cc1. The van der Waals surface area contributed by atoms with Crippen molar-refractivity contribution in [3.63, 3.8) is 0 Å². The van der Waals surface area contributed by atoms with Gasteiger partial charge in [-0.1, -0.05) is 36.4 Å². The molecule has 160 valence electrons. The molecular formula is C25H17N5O2S. The molecule has 0 radical (unpaired) electrons. The van der Waals surface area contributed by atoms with Crippen molar-refractivity contribution in [2.45, 2.75) is 12.5 Å². The van der Waals surface area contributed by atoms with Crippen molar-refractivity contribution in [3.05, 3.63) is 101 Å². The van der Waals surface area contributed by atoms with Crippen LogP contribution in [0.1, 0.15) is 39.6 Å². The van der Waals surface area contributed by atoms with E-state index in [1.807, 2.05) is 30.3 Å². The first kappa shape index (κ1) is 20.5. The number of hydrogen-bond donors (Lipinski definition) is 1. The number of para-hydroxylation sites is 1. The van der Waals surface area contributed by atoms with Crippen LogP contribution in [0.4, 0.5) is 0 Å². The molecule has 0 saturated heterocycles. The summed E-state index contributed by atoms with van der Waals surface area (Å²) in [4.78, 5) is 22.2. The highest BCUT2D eigenvalue weighted by Gasteiger charge is 2.36. The number of hydrogen-bond acceptors (Lipinski definition) is 7. The summed E-state index contributed by atoms with van der Waals surface area (Å²) < 4.78 is 0. The predicted octanol–water partition coefficient (Wildman–Crippen LogP) is 4.77. The maximum absolute atomic E-state index is 13.5. The summed E-state index contributed by atoms with van der Waals surface area (Å²) in [5, 5.41) is 27.8. The van der Waals surface area contributed by atoms with Crippen molar-refractivity contribution in [2.75, 3.05) is 0 Å². The zero-order chi connectivity index (χ0) is 22.8. The van der Waals surface area contributed by atoms with E-state index in [-0.39, 0.29) is 17.4 Å². The maximum Gasteiger partial charge on any atom is 0.294 e. The zero-order valence-corrected chi connectivity index (χ0v) is 18.1. The van der Waals surface area contributed by atoms with Crippen LogP contribution < -0.4 is 0 Å². The molecular weight excluding hydrogens is 434 g/mol. The lowest BCUT2D eigenvalue weighted by Crippen LogP contribution is -2.27. The molecule has 33 heavy (non-hydrogen) atoms. The second kappa shape index (κ2) is 8.65. The average Bonchev–Trinajstić information content (AvgIpc) is 3.53. The fourth-order valence-corrected chi connectivity index (χ4v) is 4.53. The molecule has 1 N–H and O–H groups in total. The largest absolute Gasteiger partial charge is 0.508 e. The van der Waals surface area contributed by atoms with Crippen LogP contribution in [0.15, 0.2) is 83.5 Å². The molecule has 0 bridgehead atoms. The van der Waals surface area contributed by atoms with Crippen molar-refractivity contribution in [1.82, 2.24) is 15.0 Å². The Hall–Kier alpha value is -4.35. The van der Waals surface area contributed by atoms with Gasteiger partial charge < -0.3 is 5.11 Å². The van der Waals surface area contributed by atoms with E-state index in [9.17, 15) is 9.90 Å². The lowest BCUT2D eigenvalue weighted by Gasteiger charge is -2.22. The number of phenolic OH excluding ortho intramolecular Hbond substituents is 1. The van der Waals surface area contributed by atoms with Gasteiger partial charge in [-0.25, -0.2) is 9.99 Å². The Morgan fingerprint density at radius 3 is 2.64 bits per heavy atom. The van der Waals surface area contributed by atoms with Crippen LogP contribution in [-0.4, -0.2) is 31.7 Å². The molecule has 5 rings (SSSR count). The summed E-state index contributed by atoms with van der Waals surface area (Å²) >= 11 is 1.35. The van der Waals surface area contributed by atoms with Crippen molar-refractivity contribution < 1.29 is 9.90 Å². The van der Waals surface area contributed by atoms with Crippen LogP contribution in [0, 0.1) is 11.3 Å². The first-order valence-electron chi connectivity index (χ1n) is 10.2. The first-order valence-corrected chi connectivity index (χ1v) is 11.1. The number of pyridine rings is 1. The third-order valence-corrected chi connectivity index (χ3v) is 6.28. The molecule has 4 aromatic rings. The van der Waals surface area contributed by atoms with Gasteiger partial charge >= 0.3 is 0 Å². The number of rotatable bonds is 4. The van der Waals surface area contributed by atoms with E-state index in [0.717, 1.165) is 11.1 Å². The molecule has 0 aliphatic carbocycles. The third-order valence-electron chi connectivity index (χ3n) is 5.39. The monoisotopic (exact) mass is 451 g/mol. The Morgan fingerprint density at radius 1 is 1.09 bits per heavy atom. The van der Waals surface area contributed by atoms with E-state index < -0.39 is 6.04 Å². The number of aromatic nitrogens is 2. The molecule has 0 fully saturated rings. The first-order chi connectivity index (χ1) is 16.1. The lowest BCUT2D eigenvalue weighted by atomic mass is 9.98. The molecule has 1 aliphatic heterocycles. The summed E-state index contributed by atoms with van der Waals surface area (Å²) in [5.74, 6) is -0.238. The van der Waals surface area contributed by atoms with Crippen molar-refractivity contribution >= 4 is 23.0 Å². The van der Waals surface area contributed by atoms with E-state index in [0.29, 0.717) is 28.3 Å². The van der Waals surface area contributed by atoms with Gasteiger partial charge in [-0.05, 0) is 24.3 Å². The molecule has 1 amide bonds. The summed E-state index contributed by atoms with van der Waals surface area (Å²) in [5.41, 5.74) is 3.83. The number of amides is 1. The van der Waals surface area contributed by atoms with Crippen LogP contribution in [0.2, 0.25) is 0 Å². The second-order valence-corrected chi connectivity index (χ2v) is 8.30. The second-order valence-electron chi connectivity index (χ2n) is 7.44. The van der Waals surface area contributed by atoms with Crippen LogP contribution >= 0.6 is 11.3 Å². The quantitative estimate of drug-likeness (QED) is 0.481. The van der Waals surface area contributed by atoms with Gasteiger partial charge in [0.05, 0.1) is 23.4 Å². The average molecular weight is 452 g/mol. The molecule has 1 aliphatic rings. The number of nitrogens with zero attached hydrogens (tertiary/aromatic N) is 5. The van der Waals surface area contributed by atoms with E-state index in [1.54, 1.807) is 48.1 Å². The molecule has 7 nitrogen and oxygen atoms in total. The number of benzene rings is 2. The van der Waals surface area contributed by atoms with E-state index in [1.165, 1.54) is 16.3 Å². The summed E-state index contributed by atoms with van der Waals surface area (Å²) in [6, 6.07) is 19.4. The third kappa shape index (κ3) is 3.97. The Bertz CT molecular complexity index is 1390. The normalized spacial score (nSPS) is 15.2. The minimum atomic E-state index is -0.464. The molecule has 1 unspecified atom stereocenters. The molecule has 0 spiro atoms. The van der Waals surface area contributed by atoms with E-state index in [4.69, 9.17) is 5.26 Å². The molecule has 2 aromatic carbocycles. The smallest absolute Gasteiger partial charge is 0.294 e. The highest BCUT2D eigenvalue weighted by Crippen LogP contribution is 2.38. The molecule has 0 saturated carbocycles. The molecule has 2 aromatic heterocycles. The van der Waals surface area contributed by atoms with Gasteiger partial charge in [0.25, 0.3) is 5.91 Å². The number of carbonyl (C=O) groups is 1. The number of phenols is 1. The van der Waals surface area contributed by atoms with Crippen molar-refractivity contribution in [2.24, 2.45) is 5.10 Å². The predicted molar refractivity (Wildman–Crippen MR) is 125 cm³/mol. The van der Waals surface area contributed by atoms with Crippen molar-refractivity contribution in [3.8, 4) is 22.4 Å². The van der Waals surface area contributed by atoms with Gasteiger partial charge in [0.15, 0.2) is 0 Å². The van der Waals surface area contributed by atoms with Crippen LogP contribution in [0.25, 0.3) is 10.6 Å². The summed E-state index contributed by atoms with van der Waals surface area (Å²) in [7, 11) is 0. The van der Waals surface area contributed by atoms with Crippen molar-refractivity contribution in [1.29, 1.82) is 5.26 Å². The van der Waals surface area contributed by atoms with Crippen LogP contribution in [0.3, 0.4) is 0 Å². The Labute approximate surface area is 193 Å². The topological polar surface area (TPSA) is 102 Å². The highest BCUT2D eigenvalue weighted by atomic mass is 32.1. The Balaban J connectivity index is 1.50. The fraction of sp³-hybridized carbons (Fsp3) is 0.0800. The van der Waals surface area contributed by atoms with E-state index in [2.05, 4.69) is 21.1 Å². The van der Waals surface area contributed by atoms with Gasteiger partial charge in [-0.2, -0.15) is 10.4 Å². The number of aromatic hydroxyl groups is 1. The maximum atomic E-state index is 13.5. The number of hydrazone groups is 1. The number of nitriles is 1. The van der Waals surface area contributed by atoms with Gasteiger partial charge in [0.1, 0.15) is 16.5 Å². The minimum Gasteiger partial charge on any atom is -0.508 e. The van der Waals surface area contributed by atoms with Crippen LogP contribution in [0.5, 0.6) is 5.75 Å². The van der Waals surface area contributed by atoms with Gasteiger partial charge in [0.2, 0.25) is 0 Å². The van der Waals surface area contributed by atoms with Gasteiger partial charge in [-0.3, -0.25) is 9.78 Å². The standard InChI is InChI=1S/C25H17N5O2S/c26-13-16-7-9-17(10-8-16)24-28-21(15-33-24)25(32)30-22(19-5-1-2-6-23(19)31)12-20(29-30)18-4-3-11-27-14-18/h1-11,14-15,22,31H,12H2. The lowest BCUT2D eigenvalue weighted by molar-refractivity contribution is 0.0704. The van der Waals surface area contributed by atoms with Crippen LogP contribution in [-0.2, 0) is 0 Å². The number of thiazole rings is 1. The van der Waals surface area contributed by atoms with Gasteiger partial charge in [0, 0.05) is 40.9 Å². The number of carbonyl (C=O) groups excluding carboxylic acids is 1. The van der Waals surface area contributed by atoms with Gasteiger partial charge in [-0.15, -0.1) is 11.3 Å². The van der Waals surface area contributed by atoms with E-state index >= 15 is 0 Å². The summed E-state index contributed by atoms with van der Waals surface area (Å²) in [6.45, 7) is 0.